The second-order valence-electron chi connectivity index (χ2n) is 4.98. The molecule has 2 N–H and O–H groups in total. The van der Waals surface area contributed by atoms with E-state index in [4.69, 9.17) is 4.74 Å². The van der Waals surface area contributed by atoms with Crippen molar-refractivity contribution >= 4 is 10.1 Å². The normalized spacial score (nSPS) is 24.3. The van der Waals surface area contributed by atoms with E-state index in [9.17, 15) is 27.4 Å². The Kier molecular flexibility index (Phi) is 2.90. The van der Waals surface area contributed by atoms with Gasteiger partial charge >= 0.3 is 15.4 Å². The summed E-state index contributed by atoms with van der Waals surface area (Å²) in [5, 5.41) is 15.8. The van der Waals surface area contributed by atoms with Crippen molar-refractivity contribution in [2.45, 2.75) is 43.6 Å². The third-order valence-electron chi connectivity index (χ3n) is 3.77. The maximum Gasteiger partial charge on any atom is 0.393 e. The molecular weight excluding hydrogens is 312 g/mol. The summed E-state index contributed by atoms with van der Waals surface area (Å²) in [6, 6.07) is 0. The van der Waals surface area contributed by atoms with E-state index in [1.54, 1.807) is 0 Å². The van der Waals surface area contributed by atoms with Crippen LogP contribution >= 0.6 is 0 Å². The zero-order valence-electron chi connectivity index (χ0n) is 10.9. The van der Waals surface area contributed by atoms with E-state index in [2.05, 4.69) is 4.28 Å². The van der Waals surface area contributed by atoms with Crippen molar-refractivity contribution in [1.29, 1.82) is 0 Å². The number of nitrogens with zero attached hydrogens (tertiary/aromatic N) is 1. The zero-order chi connectivity index (χ0) is 15.6. The van der Waals surface area contributed by atoms with Crippen molar-refractivity contribution in [3.63, 3.8) is 0 Å². The van der Waals surface area contributed by atoms with Gasteiger partial charge in [-0.25, -0.2) is 0 Å². The van der Waals surface area contributed by atoms with Crippen molar-refractivity contribution in [3.8, 4) is 11.8 Å². The van der Waals surface area contributed by atoms with Crippen molar-refractivity contribution in [2.75, 3.05) is 0 Å². The zero-order valence-corrected chi connectivity index (χ0v) is 11.7. The molecule has 1 aromatic heterocycles. The summed E-state index contributed by atoms with van der Waals surface area (Å²) >= 11 is 0. The molecule has 1 saturated heterocycles. The molecule has 2 atom stereocenters. The summed E-state index contributed by atoms with van der Waals surface area (Å²) in [5.74, 6) is -1.46. The third kappa shape index (κ3) is 1.81. The number of fused-ring (bicyclic) bond motifs is 5. The molecule has 0 aromatic carbocycles. The van der Waals surface area contributed by atoms with Gasteiger partial charge in [-0.2, -0.15) is 17.2 Å². The van der Waals surface area contributed by atoms with Crippen LogP contribution in [0.4, 0.5) is 8.78 Å². The summed E-state index contributed by atoms with van der Waals surface area (Å²) in [6.45, 7) is 0.977. The predicted octanol–water partition coefficient (Wildman–Crippen LogP) is 1.57. The molecule has 21 heavy (non-hydrogen) atoms. The van der Waals surface area contributed by atoms with Gasteiger partial charge in [0, 0.05) is 6.42 Å². The molecule has 10 heteroatoms. The van der Waals surface area contributed by atoms with Gasteiger partial charge in [0.05, 0.1) is 23.3 Å². The van der Waals surface area contributed by atoms with Gasteiger partial charge in [-0.15, -0.1) is 0 Å². The second kappa shape index (κ2) is 4.23. The molecule has 0 spiro atoms. The number of ether oxygens (including phenoxy) is 1. The number of aromatic hydroxyl groups is 2. The van der Waals surface area contributed by atoms with E-state index < -0.39 is 45.8 Å². The highest BCUT2D eigenvalue weighted by Crippen LogP contribution is 2.57. The predicted molar refractivity (Wildman–Crippen MR) is 64.3 cm³/mol. The molecule has 2 aliphatic rings. The Hall–Kier alpha value is -1.55. The topological polar surface area (TPSA) is 98.0 Å². The maximum absolute atomic E-state index is 13.3. The highest BCUT2D eigenvalue weighted by Gasteiger charge is 2.50. The van der Waals surface area contributed by atoms with Gasteiger partial charge in [0.2, 0.25) is 11.8 Å². The van der Waals surface area contributed by atoms with Gasteiger partial charge in [-0.05, 0) is 12.8 Å². The van der Waals surface area contributed by atoms with E-state index in [1.165, 1.54) is 0 Å². The first-order valence-electron chi connectivity index (χ1n) is 6.34. The van der Waals surface area contributed by atoms with Crippen molar-refractivity contribution in [1.82, 2.24) is 4.73 Å². The average molecular weight is 325 g/mol. The van der Waals surface area contributed by atoms with Gasteiger partial charge in [0.25, 0.3) is 0 Å². The van der Waals surface area contributed by atoms with Crippen LogP contribution in [0, 0.1) is 0 Å². The highest BCUT2D eigenvalue weighted by molar-refractivity contribution is 7.88. The van der Waals surface area contributed by atoms with Crippen molar-refractivity contribution in [2.24, 2.45) is 0 Å². The van der Waals surface area contributed by atoms with Crippen LogP contribution in [0.1, 0.15) is 49.5 Å². The molecular formula is C11H13F2NO6S. The Morgan fingerprint density at radius 1 is 1.29 bits per heavy atom. The standard InChI is InChI=1S/C11H13F2NO6S/c1-2-11(12,13)21(17,18)20-14-9(15)7-5-3-4-6(19-5)8(7)10(14)16/h5-6,15-16H,2-4H2,1H3. The Morgan fingerprint density at radius 3 is 2.19 bits per heavy atom. The molecule has 0 saturated carbocycles. The Balaban J connectivity index is 2.03. The van der Waals surface area contributed by atoms with Crippen LogP contribution in [0.2, 0.25) is 0 Å². The molecule has 2 unspecified atom stereocenters. The molecule has 2 bridgehead atoms. The van der Waals surface area contributed by atoms with Crippen LogP contribution in [0.3, 0.4) is 0 Å². The minimum absolute atomic E-state index is 0.122. The molecule has 3 rings (SSSR count). The third-order valence-corrected chi connectivity index (χ3v) is 5.14. The molecule has 118 valence electrons. The molecule has 2 aliphatic heterocycles. The molecule has 7 nitrogen and oxygen atoms in total. The van der Waals surface area contributed by atoms with Gasteiger partial charge in [-0.1, -0.05) is 11.7 Å². The van der Waals surface area contributed by atoms with Gasteiger partial charge in [0.15, 0.2) is 0 Å². The molecule has 1 aromatic rings. The van der Waals surface area contributed by atoms with Crippen molar-refractivity contribution < 1.29 is 36.4 Å². The maximum atomic E-state index is 13.3. The van der Waals surface area contributed by atoms with E-state index >= 15 is 0 Å². The minimum Gasteiger partial charge on any atom is -0.492 e. The number of aromatic nitrogens is 1. The smallest absolute Gasteiger partial charge is 0.393 e. The van der Waals surface area contributed by atoms with Crippen LogP contribution in [0.15, 0.2) is 0 Å². The monoisotopic (exact) mass is 325 g/mol. The lowest BCUT2D eigenvalue weighted by Crippen LogP contribution is -2.36. The molecule has 1 fully saturated rings. The van der Waals surface area contributed by atoms with E-state index in [0.29, 0.717) is 12.8 Å². The average Bonchev–Trinajstić information content (AvgIpc) is 3.08. The highest BCUT2D eigenvalue weighted by atomic mass is 32.2. The lowest BCUT2D eigenvalue weighted by atomic mass is 9.95. The number of rotatable bonds is 4. The van der Waals surface area contributed by atoms with Gasteiger partial charge in [-0.3, -0.25) is 4.28 Å². The summed E-state index contributed by atoms with van der Waals surface area (Å²) in [6.07, 6.45) is -0.795. The Bertz CT molecular complexity index is 665. The minimum atomic E-state index is -5.34. The first kappa shape index (κ1) is 14.4. The number of hydrogen-bond acceptors (Lipinski definition) is 6. The number of hydrogen-bond donors (Lipinski definition) is 2. The van der Waals surface area contributed by atoms with Crippen LogP contribution in [-0.4, -0.2) is 28.6 Å². The fourth-order valence-electron chi connectivity index (χ4n) is 2.66. The SMILES string of the molecule is CCC(F)(F)S(=O)(=O)On1c(O)c2c(c1O)C1CCC2O1. The van der Waals surface area contributed by atoms with Gasteiger partial charge in [0.1, 0.15) is 0 Å². The molecule has 0 amide bonds. The van der Waals surface area contributed by atoms with Crippen LogP contribution < -0.4 is 4.28 Å². The van der Waals surface area contributed by atoms with E-state index in [-0.39, 0.29) is 15.9 Å². The first-order valence-corrected chi connectivity index (χ1v) is 7.74. The Morgan fingerprint density at radius 2 is 1.76 bits per heavy atom. The molecule has 0 aliphatic carbocycles. The number of halogens is 2. The Labute approximate surface area is 118 Å². The summed E-state index contributed by atoms with van der Waals surface area (Å²) in [4.78, 5) is 0. The second-order valence-corrected chi connectivity index (χ2v) is 6.63. The lowest BCUT2D eigenvalue weighted by molar-refractivity contribution is 0.0556. The van der Waals surface area contributed by atoms with Crippen molar-refractivity contribution in [3.05, 3.63) is 11.1 Å². The summed E-state index contributed by atoms with van der Waals surface area (Å²) in [5.41, 5.74) is 0.387. The largest absolute Gasteiger partial charge is 0.492 e. The fraction of sp³-hybridized carbons (Fsp3) is 0.636. The lowest BCUT2D eigenvalue weighted by Gasteiger charge is -2.16. The van der Waals surface area contributed by atoms with E-state index in [0.717, 1.165) is 6.92 Å². The quantitative estimate of drug-likeness (QED) is 0.872. The number of alkyl halides is 2. The molecule has 3 heterocycles. The van der Waals surface area contributed by atoms with E-state index in [1.807, 2.05) is 0 Å². The molecule has 0 radical (unpaired) electrons. The van der Waals surface area contributed by atoms with Crippen LogP contribution in [0.5, 0.6) is 11.8 Å². The van der Waals surface area contributed by atoms with Gasteiger partial charge < -0.3 is 14.9 Å². The summed E-state index contributed by atoms with van der Waals surface area (Å²) < 4.78 is 59.5. The fourth-order valence-corrected chi connectivity index (χ4v) is 3.46. The van der Waals surface area contributed by atoms with Crippen LogP contribution in [0.25, 0.3) is 0 Å². The first-order chi connectivity index (χ1) is 9.69. The van der Waals surface area contributed by atoms with Crippen LogP contribution in [-0.2, 0) is 14.9 Å². The summed E-state index contributed by atoms with van der Waals surface area (Å²) in [7, 11) is -5.34.